The number of benzene rings is 2. The maximum atomic E-state index is 13.7. The Balaban J connectivity index is 1.36. The number of carboxylic acid groups (broad SMARTS) is 1. The highest BCUT2D eigenvalue weighted by Crippen LogP contribution is 2.32. The summed E-state index contributed by atoms with van der Waals surface area (Å²) in [6.07, 6.45) is 4.77. The summed E-state index contributed by atoms with van der Waals surface area (Å²) in [6, 6.07) is 11.4. The van der Waals surface area contributed by atoms with Gasteiger partial charge >= 0.3 is 12.0 Å². The van der Waals surface area contributed by atoms with Crippen LogP contribution in [-0.4, -0.2) is 26.9 Å². The maximum Gasteiger partial charge on any atom is 0.323 e. The molecule has 32 heavy (non-hydrogen) atoms. The minimum Gasteiger partial charge on any atom is -0.481 e. The molecule has 1 aliphatic carbocycles. The predicted molar refractivity (Wildman–Crippen MR) is 115 cm³/mol. The van der Waals surface area contributed by atoms with Crippen molar-refractivity contribution in [3.05, 3.63) is 66.4 Å². The highest BCUT2D eigenvalue weighted by Gasteiger charge is 2.27. The van der Waals surface area contributed by atoms with Crippen LogP contribution in [-0.2, 0) is 4.79 Å². The second-order valence-electron chi connectivity index (χ2n) is 7.81. The van der Waals surface area contributed by atoms with Gasteiger partial charge in [-0.05, 0) is 56.0 Å². The molecule has 1 saturated carbocycles. The Morgan fingerprint density at radius 3 is 2.34 bits per heavy atom. The summed E-state index contributed by atoms with van der Waals surface area (Å²) in [5.41, 5.74) is 2.01. The zero-order chi connectivity index (χ0) is 22.7. The van der Waals surface area contributed by atoms with Gasteiger partial charge in [-0.15, -0.1) is 0 Å². The molecule has 9 heteroatoms. The van der Waals surface area contributed by atoms with Crippen LogP contribution in [0.3, 0.4) is 0 Å². The summed E-state index contributed by atoms with van der Waals surface area (Å²) in [7, 11) is 0. The number of halogens is 2. The molecular weight excluding hydrogens is 418 g/mol. The number of aromatic nitrogens is 2. The highest BCUT2D eigenvalue weighted by atomic mass is 19.1. The van der Waals surface area contributed by atoms with Gasteiger partial charge in [0.1, 0.15) is 11.6 Å². The van der Waals surface area contributed by atoms with E-state index in [1.165, 1.54) is 0 Å². The number of carbonyl (C=O) groups excluding carboxylic acids is 1. The van der Waals surface area contributed by atoms with Crippen molar-refractivity contribution in [3.8, 4) is 11.3 Å². The Hall–Kier alpha value is -3.75. The molecule has 7 nitrogen and oxygen atoms in total. The summed E-state index contributed by atoms with van der Waals surface area (Å²) in [4.78, 5) is 23.2. The van der Waals surface area contributed by atoms with Crippen LogP contribution in [0.25, 0.3) is 11.3 Å². The van der Waals surface area contributed by atoms with Crippen molar-refractivity contribution in [1.29, 1.82) is 0 Å². The van der Waals surface area contributed by atoms with E-state index in [0.29, 0.717) is 24.6 Å². The number of urea groups is 1. The van der Waals surface area contributed by atoms with Crippen LogP contribution in [0, 0.1) is 17.6 Å². The van der Waals surface area contributed by atoms with Crippen LogP contribution in [0.4, 0.5) is 25.0 Å². The van der Waals surface area contributed by atoms with Gasteiger partial charge in [-0.25, -0.2) is 13.6 Å². The van der Waals surface area contributed by atoms with E-state index in [1.807, 2.05) is 29.1 Å². The van der Waals surface area contributed by atoms with Crippen LogP contribution in [0.2, 0.25) is 0 Å². The van der Waals surface area contributed by atoms with E-state index < -0.39 is 23.6 Å². The minimum atomic E-state index is -0.859. The molecule has 0 unspecified atom stereocenters. The average Bonchev–Trinajstić information content (AvgIpc) is 3.26. The van der Waals surface area contributed by atoms with Gasteiger partial charge in [-0.2, -0.15) is 5.10 Å². The predicted octanol–water partition coefficient (Wildman–Crippen LogP) is 5.29. The molecule has 0 aliphatic heterocycles. The monoisotopic (exact) mass is 440 g/mol. The molecule has 3 aromatic rings. The van der Waals surface area contributed by atoms with Crippen molar-refractivity contribution >= 4 is 23.4 Å². The molecule has 1 fully saturated rings. The molecule has 166 valence electrons. The zero-order valence-corrected chi connectivity index (χ0v) is 17.1. The van der Waals surface area contributed by atoms with Crippen molar-refractivity contribution < 1.29 is 23.5 Å². The average molecular weight is 440 g/mol. The fourth-order valence-electron chi connectivity index (χ4n) is 3.88. The molecule has 2 aromatic carbocycles. The first kappa shape index (κ1) is 21.5. The molecule has 4 rings (SSSR count). The second-order valence-corrected chi connectivity index (χ2v) is 7.81. The summed E-state index contributed by atoms with van der Waals surface area (Å²) >= 11 is 0. The lowest BCUT2D eigenvalue weighted by Crippen LogP contribution is -2.23. The largest absolute Gasteiger partial charge is 0.481 e. The van der Waals surface area contributed by atoms with Crippen molar-refractivity contribution in [3.63, 3.8) is 0 Å². The zero-order valence-electron chi connectivity index (χ0n) is 17.1. The molecule has 1 aromatic heterocycles. The van der Waals surface area contributed by atoms with E-state index in [9.17, 15) is 18.4 Å². The first-order valence-corrected chi connectivity index (χ1v) is 10.3. The molecule has 2 amide bonds. The molecule has 1 heterocycles. The number of nitrogens with zero attached hydrogens (tertiary/aromatic N) is 2. The molecule has 0 bridgehead atoms. The smallest absolute Gasteiger partial charge is 0.323 e. The molecule has 0 saturated heterocycles. The molecule has 1 aliphatic rings. The van der Waals surface area contributed by atoms with Gasteiger partial charge in [0.15, 0.2) is 0 Å². The lowest BCUT2D eigenvalue weighted by atomic mass is 9.86. The number of hydrogen-bond donors (Lipinski definition) is 3. The number of aliphatic carboxylic acids is 1. The number of hydrogen-bond acceptors (Lipinski definition) is 3. The Kier molecular flexibility index (Phi) is 6.16. The van der Waals surface area contributed by atoms with Gasteiger partial charge in [0.2, 0.25) is 0 Å². The molecule has 0 radical (unpaired) electrons. The number of anilines is 2. The van der Waals surface area contributed by atoms with Crippen LogP contribution in [0.5, 0.6) is 0 Å². The quantitative estimate of drug-likeness (QED) is 0.502. The highest BCUT2D eigenvalue weighted by molar-refractivity contribution is 5.99. The molecule has 3 N–H and O–H groups in total. The molecular formula is C23H22F2N4O3. The third kappa shape index (κ3) is 4.93. The summed E-state index contributed by atoms with van der Waals surface area (Å²) in [5, 5.41) is 18.7. The van der Waals surface area contributed by atoms with Gasteiger partial charge in [0.25, 0.3) is 0 Å². The van der Waals surface area contributed by atoms with Gasteiger partial charge in [0.05, 0.1) is 23.3 Å². The van der Waals surface area contributed by atoms with Crippen molar-refractivity contribution in [2.45, 2.75) is 31.7 Å². The summed E-state index contributed by atoms with van der Waals surface area (Å²) < 4.78 is 28.5. The van der Waals surface area contributed by atoms with E-state index in [-0.39, 0.29) is 17.6 Å². The van der Waals surface area contributed by atoms with Crippen LogP contribution in [0.15, 0.2) is 54.7 Å². The van der Waals surface area contributed by atoms with E-state index in [0.717, 1.165) is 36.2 Å². The lowest BCUT2D eigenvalue weighted by Gasteiger charge is -2.26. The van der Waals surface area contributed by atoms with E-state index in [4.69, 9.17) is 5.11 Å². The first-order chi connectivity index (χ1) is 15.4. The van der Waals surface area contributed by atoms with Gasteiger partial charge in [-0.3, -0.25) is 9.48 Å². The maximum absolute atomic E-state index is 13.7. The lowest BCUT2D eigenvalue weighted by molar-refractivity contribution is -0.143. The third-order valence-corrected chi connectivity index (χ3v) is 5.65. The Bertz CT molecular complexity index is 1120. The number of nitrogens with one attached hydrogen (secondary N) is 2. The summed E-state index contributed by atoms with van der Waals surface area (Å²) in [6.45, 7) is 0. The SMILES string of the molecule is O=C(Nc1ccc(-c2ccn(C3CCC(C(=O)O)CC3)n2)cc1)Nc1ccc(F)cc1F. The molecule has 0 spiro atoms. The van der Waals surface area contributed by atoms with E-state index in [1.54, 1.807) is 12.1 Å². The Morgan fingerprint density at radius 1 is 0.969 bits per heavy atom. The molecule has 0 atom stereocenters. The fraction of sp³-hybridized carbons (Fsp3) is 0.261. The number of carboxylic acids is 1. The van der Waals surface area contributed by atoms with Crippen LogP contribution >= 0.6 is 0 Å². The van der Waals surface area contributed by atoms with Gasteiger partial charge in [0, 0.05) is 23.5 Å². The van der Waals surface area contributed by atoms with Gasteiger partial charge in [-0.1, -0.05) is 12.1 Å². The van der Waals surface area contributed by atoms with Crippen molar-refractivity contribution in [2.24, 2.45) is 5.92 Å². The fourth-order valence-corrected chi connectivity index (χ4v) is 3.88. The van der Waals surface area contributed by atoms with Crippen LogP contribution < -0.4 is 10.6 Å². The van der Waals surface area contributed by atoms with Gasteiger partial charge < -0.3 is 15.7 Å². The van der Waals surface area contributed by atoms with E-state index >= 15 is 0 Å². The third-order valence-electron chi connectivity index (χ3n) is 5.65. The number of amides is 2. The Morgan fingerprint density at radius 2 is 1.69 bits per heavy atom. The summed E-state index contributed by atoms with van der Waals surface area (Å²) in [5.74, 6) is -2.57. The Labute approximate surface area is 183 Å². The first-order valence-electron chi connectivity index (χ1n) is 10.3. The minimum absolute atomic E-state index is 0.122. The van der Waals surface area contributed by atoms with E-state index in [2.05, 4.69) is 15.7 Å². The number of carbonyl (C=O) groups is 2. The second kappa shape index (κ2) is 9.17. The van der Waals surface area contributed by atoms with Crippen molar-refractivity contribution in [1.82, 2.24) is 9.78 Å². The number of rotatable bonds is 5. The van der Waals surface area contributed by atoms with Crippen LogP contribution in [0.1, 0.15) is 31.7 Å². The topological polar surface area (TPSA) is 96.2 Å². The van der Waals surface area contributed by atoms with Crippen molar-refractivity contribution in [2.75, 3.05) is 10.6 Å². The normalized spacial score (nSPS) is 18.2. The standard InChI is InChI=1S/C23H22F2N4O3/c24-16-5-10-21(19(25)13-16)27-23(32)26-17-6-1-14(2-7-17)20-11-12-29(28-20)18-8-3-15(4-9-18)22(30)31/h1-2,5-7,10-13,15,18H,3-4,8-9H2,(H,30,31)(H2,26,27,32).